The van der Waals surface area contributed by atoms with Crippen LogP contribution in [0.3, 0.4) is 0 Å². The van der Waals surface area contributed by atoms with Crippen molar-refractivity contribution in [3.05, 3.63) is 29.8 Å². The SMILES string of the molecule is C[C@H]1CCCC[C@H]1c1ccc(N)cc1. The average molecular weight is 189 g/mol. The first-order valence-electron chi connectivity index (χ1n) is 5.63. The van der Waals surface area contributed by atoms with E-state index < -0.39 is 0 Å². The van der Waals surface area contributed by atoms with Crippen molar-refractivity contribution in [2.75, 3.05) is 5.73 Å². The maximum atomic E-state index is 5.69. The van der Waals surface area contributed by atoms with Gasteiger partial charge < -0.3 is 5.73 Å². The smallest absolute Gasteiger partial charge is 0.0314 e. The second-order valence-corrected chi connectivity index (χ2v) is 4.53. The molecule has 2 atom stereocenters. The minimum absolute atomic E-state index is 0.768. The highest BCUT2D eigenvalue weighted by molar-refractivity contribution is 5.40. The van der Waals surface area contributed by atoms with Gasteiger partial charge in [0, 0.05) is 5.69 Å². The third-order valence-electron chi connectivity index (χ3n) is 3.48. The Hall–Kier alpha value is -0.980. The summed E-state index contributed by atoms with van der Waals surface area (Å²) in [5.41, 5.74) is 8.04. The molecular weight excluding hydrogens is 170 g/mol. The molecule has 1 aliphatic carbocycles. The summed E-state index contributed by atoms with van der Waals surface area (Å²) in [7, 11) is 0. The second-order valence-electron chi connectivity index (χ2n) is 4.53. The van der Waals surface area contributed by atoms with Crippen molar-refractivity contribution in [1.29, 1.82) is 0 Å². The molecule has 1 saturated carbocycles. The lowest BCUT2D eigenvalue weighted by molar-refractivity contribution is 0.330. The fourth-order valence-electron chi connectivity index (χ4n) is 2.55. The van der Waals surface area contributed by atoms with Crippen LogP contribution >= 0.6 is 0 Å². The van der Waals surface area contributed by atoms with Crippen molar-refractivity contribution in [1.82, 2.24) is 0 Å². The van der Waals surface area contributed by atoms with Crippen LogP contribution in [0.15, 0.2) is 24.3 Å². The van der Waals surface area contributed by atoms with E-state index in [1.165, 1.54) is 31.2 Å². The topological polar surface area (TPSA) is 26.0 Å². The Labute approximate surface area is 86.3 Å². The van der Waals surface area contributed by atoms with Crippen molar-refractivity contribution in [2.45, 2.75) is 38.5 Å². The molecule has 76 valence electrons. The Morgan fingerprint density at radius 2 is 1.71 bits per heavy atom. The highest BCUT2D eigenvalue weighted by Crippen LogP contribution is 2.37. The second kappa shape index (κ2) is 4.04. The molecule has 0 saturated heterocycles. The number of hydrogen-bond acceptors (Lipinski definition) is 1. The normalized spacial score (nSPS) is 27.5. The summed E-state index contributed by atoms with van der Waals surface area (Å²) in [5.74, 6) is 1.61. The van der Waals surface area contributed by atoms with Crippen molar-refractivity contribution < 1.29 is 0 Å². The molecule has 1 heteroatoms. The first kappa shape index (κ1) is 9.57. The Kier molecular flexibility index (Phi) is 2.76. The van der Waals surface area contributed by atoms with E-state index in [0.29, 0.717) is 0 Å². The number of rotatable bonds is 1. The van der Waals surface area contributed by atoms with Crippen molar-refractivity contribution in [2.24, 2.45) is 5.92 Å². The van der Waals surface area contributed by atoms with Crippen LogP contribution in [0, 0.1) is 5.92 Å². The quantitative estimate of drug-likeness (QED) is 0.672. The molecule has 0 radical (unpaired) electrons. The first-order chi connectivity index (χ1) is 6.77. The van der Waals surface area contributed by atoms with Crippen LogP contribution in [-0.2, 0) is 0 Å². The maximum absolute atomic E-state index is 5.69. The Bertz CT molecular complexity index is 289. The number of hydrogen-bond donors (Lipinski definition) is 1. The van der Waals surface area contributed by atoms with E-state index >= 15 is 0 Å². The molecule has 0 aliphatic heterocycles. The van der Waals surface area contributed by atoms with Gasteiger partial charge in [0.1, 0.15) is 0 Å². The van der Waals surface area contributed by atoms with Crippen LogP contribution in [0.25, 0.3) is 0 Å². The molecule has 0 amide bonds. The van der Waals surface area contributed by atoms with E-state index in [1.54, 1.807) is 0 Å². The summed E-state index contributed by atoms with van der Waals surface area (Å²) >= 11 is 0. The fourth-order valence-corrected chi connectivity index (χ4v) is 2.55. The largest absolute Gasteiger partial charge is 0.399 e. The van der Waals surface area contributed by atoms with Gasteiger partial charge >= 0.3 is 0 Å². The summed E-state index contributed by atoms with van der Waals surface area (Å²) in [6, 6.07) is 8.44. The van der Waals surface area contributed by atoms with Crippen molar-refractivity contribution >= 4 is 5.69 Å². The molecule has 2 rings (SSSR count). The van der Waals surface area contributed by atoms with Gasteiger partial charge in [-0.05, 0) is 36.0 Å². The van der Waals surface area contributed by atoms with Gasteiger partial charge in [0.05, 0.1) is 0 Å². The third-order valence-corrected chi connectivity index (χ3v) is 3.48. The molecule has 0 aromatic heterocycles. The van der Waals surface area contributed by atoms with Crippen LogP contribution in [-0.4, -0.2) is 0 Å². The molecule has 1 aromatic rings. The minimum atomic E-state index is 0.768. The summed E-state index contributed by atoms with van der Waals surface area (Å²) in [6.07, 6.45) is 5.53. The first-order valence-corrected chi connectivity index (χ1v) is 5.63. The predicted octanol–water partition coefficient (Wildman–Crippen LogP) is 3.56. The molecule has 0 unspecified atom stereocenters. The highest BCUT2D eigenvalue weighted by Gasteiger charge is 2.22. The third kappa shape index (κ3) is 1.92. The maximum Gasteiger partial charge on any atom is 0.0314 e. The molecule has 0 heterocycles. The lowest BCUT2D eigenvalue weighted by Crippen LogP contribution is -2.14. The number of anilines is 1. The number of nitrogen functional groups attached to an aromatic ring is 1. The Morgan fingerprint density at radius 3 is 2.36 bits per heavy atom. The predicted molar refractivity (Wildman–Crippen MR) is 61.2 cm³/mol. The van der Waals surface area contributed by atoms with Gasteiger partial charge in [0.15, 0.2) is 0 Å². The lowest BCUT2D eigenvalue weighted by Gasteiger charge is -2.29. The Balaban J connectivity index is 2.16. The van der Waals surface area contributed by atoms with E-state index in [9.17, 15) is 0 Å². The molecule has 2 N–H and O–H groups in total. The zero-order valence-corrected chi connectivity index (χ0v) is 8.87. The van der Waals surface area contributed by atoms with Crippen molar-refractivity contribution in [3.63, 3.8) is 0 Å². The lowest BCUT2D eigenvalue weighted by atomic mass is 9.76. The van der Waals surface area contributed by atoms with E-state index in [1.807, 2.05) is 12.1 Å². The molecule has 0 bridgehead atoms. The van der Waals surface area contributed by atoms with Crippen LogP contribution in [0.1, 0.15) is 44.1 Å². The van der Waals surface area contributed by atoms with Gasteiger partial charge in [-0.15, -0.1) is 0 Å². The molecule has 0 spiro atoms. The summed E-state index contributed by atoms with van der Waals surface area (Å²) in [4.78, 5) is 0. The van der Waals surface area contributed by atoms with E-state index in [2.05, 4.69) is 19.1 Å². The van der Waals surface area contributed by atoms with E-state index in [4.69, 9.17) is 5.73 Å². The monoisotopic (exact) mass is 189 g/mol. The fraction of sp³-hybridized carbons (Fsp3) is 0.538. The minimum Gasteiger partial charge on any atom is -0.399 e. The van der Waals surface area contributed by atoms with Gasteiger partial charge in [-0.3, -0.25) is 0 Å². The van der Waals surface area contributed by atoms with E-state index in [-0.39, 0.29) is 0 Å². The number of benzene rings is 1. The van der Waals surface area contributed by atoms with Gasteiger partial charge in [0.25, 0.3) is 0 Å². The van der Waals surface area contributed by atoms with Gasteiger partial charge in [-0.2, -0.15) is 0 Å². The number of nitrogens with two attached hydrogens (primary N) is 1. The molecule has 1 nitrogen and oxygen atoms in total. The molecule has 1 aromatic carbocycles. The Morgan fingerprint density at radius 1 is 1.07 bits per heavy atom. The van der Waals surface area contributed by atoms with Gasteiger partial charge in [-0.1, -0.05) is 38.3 Å². The van der Waals surface area contributed by atoms with Crippen LogP contribution < -0.4 is 5.73 Å². The molecule has 14 heavy (non-hydrogen) atoms. The molecule has 1 fully saturated rings. The zero-order chi connectivity index (χ0) is 9.97. The zero-order valence-electron chi connectivity index (χ0n) is 8.87. The summed E-state index contributed by atoms with van der Waals surface area (Å²) < 4.78 is 0. The highest BCUT2D eigenvalue weighted by atomic mass is 14.5. The van der Waals surface area contributed by atoms with Crippen LogP contribution in [0.2, 0.25) is 0 Å². The summed E-state index contributed by atoms with van der Waals surface area (Å²) in [5, 5.41) is 0. The molecular formula is C13H19N. The van der Waals surface area contributed by atoms with Crippen LogP contribution in [0.5, 0.6) is 0 Å². The van der Waals surface area contributed by atoms with Gasteiger partial charge in [-0.25, -0.2) is 0 Å². The van der Waals surface area contributed by atoms with Crippen molar-refractivity contribution in [3.8, 4) is 0 Å². The summed E-state index contributed by atoms with van der Waals surface area (Å²) in [6.45, 7) is 2.38. The molecule has 1 aliphatic rings. The standard InChI is InChI=1S/C13H19N/c1-10-4-2-3-5-13(10)11-6-8-12(14)9-7-11/h6-10,13H,2-5,14H2,1H3/t10-,13+/m0/s1. The van der Waals surface area contributed by atoms with E-state index in [0.717, 1.165) is 17.5 Å². The van der Waals surface area contributed by atoms with Gasteiger partial charge in [0.2, 0.25) is 0 Å². The van der Waals surface area contributed by atoms with Crippen LogP contribution in [0.4, 0.5) is 5.69 Å². The average Bonchev–Trinajstić information content (AvgIpc) is 2.20.